The number of hydrogen-bond donors (Lipinski definition) is 0. The van der Waals surface area contributed by atoms with E-state index >= 15 is 0 Å². The number of fused-ring (bicyclic) bond motifs is 2. The molecule has 0 aliphatic heterocycles. The second-order valence-corrected chi connectivity index (χ2v) is 9.92. The van der Waals surface area contributed by atoms with Crippen molar-refractivity contribution in [1.29, 1.82) is 0 Å². The highest BCUT2D eigenvalue weighted by molar-refractivity contribution is 7.90. The van der Waals surface area contributed by atoms with Gasteiger partial charge in [0.1, 0.15) is 10.6 Å². The van der Waals surface area contributed by atoms with Crippen LogP contribution in [0.2, 0.25) is 0 Å². The largest absolute Gasteiger partial charge is 0.497 e. The number of pyridine rings is 1. The highest BCUT2D eigenvalue weighted by Crippen LogP contribution is 2.39. The van der Waals surface area contributed by atoms with E-state index in [1.165, 1.54) is 3.97 Å². The summed E-state index contributed by atoms with van der Waals surface area (Å²) in [5.74, 6) is 1.75. The number of methoxy groups -OCH3 is 3. The number of aryl methyl sites for hydroxylation is 1. The summed E-state index contributed by atoms with van der Waals surface area (Å²) in [6.45, 7) is 1.93. The van der Waals surface area contributed by atoms with Crippen molar-refractivity contribution in [2.45, 2.75) is 11.8 Å². The van der Waals surface area contributed by atoms with E-state index < -0.39 is 10.0 Å². The van der Waals surface area contributed by atoms with Crippen molar-refractivity contribution < 1.29 is 22.6 Å². The molecule has 35 heavy (non-hydrogen) atoms. The molecular weight excluding hydrogens is 464 g/mol. The molecular formula is C27H24N2O5S. The molecule has 0 atom stereocenters. The Kier molecular flexibility index (Phi) is 5.61. The van der Waals surface area contributed by atoms with Crippen LogP contribution in [0.4, 0.5) is 0 Å². The highest BCUT2D eigenvalue weighted by Gasteiger charge is 2.25. The summed E-state index contributed by atoms with van der Waals surface area (Å²) >= 11 is 0. The normalized spacial score (nSPS) is 11.7. The number of hydrogen-bond acceptors (Lipinski definition) is 6. The lowest BCUT2D eigenvalue weighted by atomic mass is 10.0. The van der Waals surface area contributed by atoms with Gasteiger partial charge in [0.05, 0.1) is 32.4 Å². The summed E-state index contributed by atoms with van der Waals surface area (Å²) in [5.41, 5.74) is 3.41. The van der Waals surface area contributed by atoms with Gasteiger partial charge in [0, 0.05) is 28.7 Å². The Hall–Kier alpha value is -4.04. The Labute approximate surface area is 203 Å². The first-order valence-corrected chi connectivity index (χ1v) is 12.3. The monoisotopic (exact) mass is 488 g/mol. The van der Waals surface area contributed by atoms with Crippen LogP contribution in [0.3, 0.4) is 0 Å². The van der Waals surface area contributed by atoms with Crippen molar-refractivity contribution in [3.63, 3.8) is 0 Å². The van der Waals surface area contributed by atoms with E-state index in [0.29, 0.717) is 33.8 Å². The number of benzene rings is 3. The molecule has 5 rings (SSSR count). The van der Waals surface area contributed by atoms with Crippen LogP contribution in [0.25, 0.3) is 32.9 Å². The Morgan fingerprint density at radius 3 is 2.40 bits per heavy atom. The average molecular weight is 489 g/mol. The van der Waals surface area contributed by atoms with Crippen LogP contribution >= 0.6 is 0 Å². The molecule has 0 bridgehead atoms. The second kappa shape index (κ2) is 8.63. The quantitative estimate of drug-likeness (QED) is 0.317. The minimum Gasteiger partial charge on any atom is -0.497 e. The summed E-state index contributed by atoms with van der Waals surface area (Å²) in [6.07, 6.45) is 3.31. The van der Waals surface area contributed by atoms with E-state index in [-0.39, 0.29) is 4.90 Å². The predicted octanol–water partition coefficient (Wildman–Crippen LogP) is 5.43. The van der Waals surface area contributed by atoms with Crippen molar-refractivity contribution in [2.75, 3.05) is 21.3 Å². The summed E-state index contributed by atoms with van der Waals surface area (Å²) < 4.78 is 45.6. The van der Waals surface area contributed by atoms with Gasteiger partial charge in [-0.1, -0.05) is 18.2 Å². The summed E-state index contributed by atoms with van der Waals surface area (Å²) in [5, 5.41) is 1.49. The molecule has 0 radical (unpaired) electrons. The Balaban J connectivity index is 1.79. The van der Waals surface area contributed by atoms with Crippen LogP contribution in [-0.4, -0.2) is 38.7 Å². The molecule has 178 valence electrons. The van der Waals surface area contributed by atoms with Crippen molar-refractivity contribution in [3.05, 3.63) is 78.6 Å². The second-order valence-electron chi connectivity index (χ2n) is 8.14. The van der Waals surface area contributed by atoms with E-state index in [1.54, 1.807) is 64.1 Å². The number of nitrogens with zero attached hydrogens (tertiary/aromatic N) is 2. The third-order valence-corrected chi connectivity index (χ3v) is 7.73. The summed E-state index contributed by atoms with van der Waals surface area (Å²) in [4.78, 5) is 4.58. The molecule has 0 saturated carbocycles. The Morgan fingerprint density at radius 2 is 1.66 bits per heavy atom. The smallest absolute Gasteiger partial charge is 0.270 e. The van der Waals surface area contributed by atoms with Crippen molar-refractivity contribution >= 4 is 31.8 Å². The van der Waals surface area contributed by atoms with Gasteiger partial charge in [-0.2, -0.15) is 0 Å². The molecule has 5 aromatic rings. The van der Waals surface area contributed by atoms with E-state index in [4.69, 9.17) is 14.2 Å². The van der Waals surface area contributed by atoms with Gasteiger partial charge in [0.2, 0.25) is 0 Å². The van der Waals surface area contributed by atoms with E-state index in [0.717, 1.165) is 21.9 Å². The Bertz CT molecular complexity index is 1690. The molecule has 3 aromatic carbocycles. The molecule has 0 aliphatic carbocycles. The minimum atomic E-state index is -3.98. The molecule has 2 heterocycles. The lowest BCUT2D eigenvalue weighted by Crippen LogP contribution is -2.12. The van der Waals surface area contributed by atoms with Crippen molar-refractivity contribution in [1.82, 2.24) is 8.96 Å². The van der Waals surface area contributed by atoms with Gasteiger partial charge in [-0.05, 0) is 60.5 Å². The summed E-state index contributed by atoms with van der Waals surface area (Å²) in [6, 6.07) is 17.9. The summed E-state index contributed by atoms with van der Waals surface area (Å²) in [7, 11) is 0.728. The van der Waals surface area contributed by atoms with Gasteiger partial charge >= 0.3 is 0 Å². The van der Waals surface area contributed by atoms with Gasteiger partial charge in [0.25, 0.3) is 10.0 Å². The van der Waals surface area contributed by atoms with Crippen LogP contribution in [0.15, 0.2) is 78.0 Å². The standard InChI is InChI=1S/C27H24N2O5S/c1-17-12-19-6-5-7-26(27(19)28-15-17)35(30,31)29-16-22(21-14-20(32-2)9-10-23(21)29)18-8-11-24(33-3)25(13-18)34-4/h5-16H,1-4H3. The van der Waals surface area contributed by atoms with Crippen LogP contribution in [0.5, 0.6) is 17.2 Å². The molecule has 7 nitrogen and oxygen atoms in total. The Morgan fingerprint density at radius 1 is 0.857 bits per heavy atom. The maximum absolute atomic E-state index is 14.0. The van der Waals surface area contributed by atoms with E-state index in [2.05, 4.69) is 4.98 Å². The van der Waals surface area contributed by atoms with Crippen LogP contribution in [-0.2, 0) is 10.0 Å². The number of para-hydroxylation sites is 1. The van der Waals surface area contributed by atoms with E-state index in [1.807, 2.05) is 37.3 Å². The number of aromatic nitrogens is 2. The highest BCUT2D eigenvalue weighted by atomic mass is 32.2. The van der Waals surface area contributed by atoms with Crippen molar-refractivity contribution in [3.8, 4) is 28.4 Å². The van der Waals surface area contributed by atoms with Gasteiger partial charge in [-0.15, -0.1) is 0 Å². The lowest BCUT2D eigenvalue weighted by Gasteiger charge is -2.10. The van der Waals surface area contributed by atoms with Crippen LogP contribution in [0, 0.1) is 6.92 Å². The average Bonchev–Trinajstić information content (AvgIpc) is 3.27. The SMILES string of the molecule is COc1ccc2c(c1)c(-c1ccc(OC)c(OC)c1)cn2S(=O)(=O)c1cccc2cc(C)cnc12. The zero-order chi connectivity index (χ0) is 24.7. The van der Waals surface area contributed by atoms with Gasteiger partial charge in [-0.25, -0.2) is 12.4 Å². The maximum atomic E-state index is 14.0. The van der Waals surface area contributed by atoms with Crippen LogP contribution in [0.1, 0.15) is 5.56 Å². The number of rotatable bonds is 6. The zero-order valence-corrected chi connectivity index (χ0v) is 20.6. The minimum absolute atomic E-state index is 0.140. The topological polar surface area (TPSA) is 79.7 Å². The molecule has 0 aliphatic rings. The van der Waals surface area contributed by atoms with Crippen LogP contribution < -0.4 is 14.2 Å². The van der Waals surface area contributed by atoms with Crippen molar-refractivity contribution in [2.24, 2.45) is 0 Å². The molecule has 0 N–H and O–H groups in total. The fourth-order valence-electron chi connectivity index (χ4n) is 4.30. The predicted molar refractivity (Wildman–Crippen MR) is 136 cm³/mol. The molecule has 0 spiro atoms. The molecule has 8 heteroatoms. The molecule has 0 fully saturated rings. The number of ether oxygens (including phenoxy) is 3. The zero-order valence-electron chi connectivity index (χ0n) is 19.8. The molecule has 0 saturated heterocycles. The maximum Gasteiger partial charge on any atom is 0.270 e. The molecule has 2 aromatic heterocycles. The first-order chi connectivity index (χ1) is 16.9. The lowest BCUT2D eigenvalue weighted by molar-refractivity contribution is 0.355. The van der Waals surface area contributed by atoms with Gasteiger partial charge in [0.15, 0.2) is 11.5 Å². The third kappa shape index (κ3) is 3.76. The molecule has 0 amide bonds. The molecule has 0 unspecified atom stereocenters. The van der Waals surface area contributed by atoms with E-state index in [9.17, 15) is 8.42 Å². The fraction of sp³-hybridized carbons (Fsp3) is 0.148. The third-order valence-electron chi connectivity index (χ3n) is 6.02. The van der Waals surface area contributed by atoms with Gasteiger partial charge < -0.3 is 14.2 Å². The first kappa shape index (κ1) is 22.7. The fourth-order valence-corrected chi connectivity index (χ4v) is 5.84. The van der Waals surface area contributed by atoms with Gasteiger partial charge in [-0.3, -0.25) is 4.98 Å². The first-order valence-electron chi connectivity index (χ1n) is 10.9.